The number of fused-ring (bicyclic) bond motifs is 1. The number of hydrogen-bond donors (Lipinski definition) is 0. The van der Waals surface area contributed by atoms with Crippen LogP contribution in [0, 0.1) is 19.7 Å². The first kappa shape index (κ1) is 19.2. The molecule has 0 atom stereocenters. The number of hydrogen-bond acceptors (Lipinski definition) is 8. The SMILES string of the molecule is Cc1onc(-c2ccc(F)cc2)c1COc1cnc(N2CCn3c(C)nnc3C2)cn1. The minimum Gasteiger partial charge on any atom is -0.471 e. The van der Waals surface area contributed by atoms with E-state index < -0.39 is 0 Å². The van der Waals surface area contributed by atoms with Crippen molar-refractivity contribution in [3.63, 3.8) is 0 Å². The smallest absolute Gasteiger partial charge is 0.232 e. The van der Waals surface area contributed by atoms with Crippen molar-refractivity contribution in [2.24, 2.45) is 0 Å². The molecule has 0 fully saturated rings. The zero-order valence-corrected chi connectivity index (χ0v) is 17.1. The standard InChI is InChI=1S/C21H20FN7O2/c1-13-17(21(27-31-13)15-3-5-16(22)6-4-15)12-30-20-10-23-18(9-24-20)28-7-8-29-14(2)25-26-19(29)11-28/h3-6,9-10H,7-8,11-12H2,1-2H3. The Bertz CT molecular complexity index is 1200. The molecule has 0 bridgehead atoms. The molecule has 10 heteroatoms. The van der Waals surface area contributed by atoms with Gasteiger partial charge < -0.3 is 18.7 Å². The van der Waals surface area contributed by atoms with Crippen molar-refractivity contribution in [2.45, 2.75) is 33.5 Å². The number of halogens is 1. The van der Waals surface area contributed by atoms with Crippen molar-refractivity contribution >= 4 is 5.82 Å². The van der Waals surface area contributed by atoms with Gasteiger partial charge in [-0.25, -0.2) is 14.4 Å². The van der Waals surface area contributed by atoms with Crippen LogP contribution in [-0.2, 0) is 19.7 Å². The average molecular weight is 421 g/mol. The third-order valence-corrected chi connectivity index (χ3v) is 5.34. The lowest BCUT2D eigenvalue weighted by molar-refractivity contribution is 0.289. The third-order valence-electron chi connectivity index (χ3n) is 5.34. The summed E-state index contributed by atoms with van der Waals surface area (Å²) in [5.74, 6) is 3.33. The van der Waals surface area contributed by atoms with Gasteiger partial charge in [0, 0.05) is 18.7 Å². The fourth-order valence-electron chi connectivity index (χ4n) is 3.59. The van der Waals surface area contributed by atoms with Crippen LogP contribution in [0.15, 0.2) is 41.2 Å². The molecule has 9 nitrogen and oxygen atoms in total. The number of nitrogens with zero attached hydrogens (tertiary/aromatic N) is 7. The van der Waals surface area contributed by atoms with Crippen molar-refractivity contribution < 1.29 is 13.7 Å². The lowest BCUT2D eigenvalue weighted by atomic mass is 10.1. The van der Waals surface area contributed by atoms with Gasteiger partial charge >= 0.3 is 0 Å². The van der Waals surface area contributed by atoms with E-state index in [2.05, 4.69) is 34.8 Å². The molecular formula is C21H20FN7O2. The lowest BCUT2D eigenvalue weighted by Crippen LogP contribution is -2.34. The summed E-state index contributed by atoms with van der Waals surface area (Å²) in [6, 6.07) is 6.09. The van der Waals surface area contributed by atoms with Gasteiger partial charge in [0.05, 0.1) is 24.5 Å². The molecule has 0 amide bonds. The van der Waals surface area contributed by atoms with Crippen molar-refractivity contribution in [1.29, 1.82) is 0 Å². The molecule has 1 aliphatic rings. The van der Waals surface area contributed by atoms with E-state index >= 15 is 0 Å². The Morgan fingerprint density at radius 1 is 1.06 bits per heavy atom. The van der Waals surface area contributed by atoms with Gasteiger partial charge in [-0.05, 0) is 38.1 Å². The Hall–Kier alpha value is -3.82. The largest absolute Gasteiger partial charge is 0.471 e. The number of aryl methyl sites for hydroxylation is 2. The summed E-state index contributed by atoms with van der Waals surface area (Å²) in [6.07, 6.45) is 3.29. The summed E-state index contributed by atoms with van der Waals surface area (Å²) in [6.45, 7) is 6.23. The highest BCUT2D eigenvalue weighted by atomic mass is 19.1. The topological polar surface area (TPSA) is 95.0 Å². The van der Waals surface area contributed by atoms with Crippen LogP contribution < -0.4 is 9.64 Å². The Morgan fingerprint density at radius 2 is 1.90 bits per heavy atom. The number of ether oxygens (including phenoxy) is 1. The van der Waals surface area contributed by atoms with Crippen LogP contribution in [0.3, 0.4) is 0 Å². The van der Waals surface area contributed by atoms with Crippen molar-refractivity contribution in [1.82, 2.24) is 29.9 Å². The molecule has 0 N–H and O–H groups in total. The van der Waals surface area contributed by atoms with Crippen LogP contribution in [0.4, 0.5) is 10.2 Å². The molecule has 0 saturated carbocycles. The predicted octanol–water partition coefficient (Wildman–Crippen LogP) is 3.08. The molecule has 158 valence electrons. The summed E-state index contributed by atoms with van der Waals surface area (Å²) in [5.41, 5.74) is 2.16. The fraction of sp³-hybridized carbons (Fsp3) is 0.286. The van der Waals surface area contributed by atoms with E-state index in [0.717, 1.165) is 41.7 Å². The Labute approximate surface area is 177 Å². The fourth-order valence-corrected chi connectivity index (χ4v) is 3.59. The molecule has 0 saturated heterocycles. The van der Waals surface area contributed by atoms with Gasteiger partial charge in [-0.1, -0.05) is 5.16 Å². The van der Waals surface area contributed by atoms with Gasteiger partial charge in [-0.15, -0.1) is 10.2 Å². The summed E-state index contributed by atoms with van der Waals surface area (Å²) < 4.78 is 26.5. The number of rotatable bonds is 5. The molecule has 31 heavy (non-hydrogen) atoms. The Kier molecular flexibility index (Phi) is 4.81. The summed E-state index contributed by atoms with van der Waals surface area (Å²) in [7, 11) is 0. The van der Waals surface area contributed by atoms with Gasteiger partial charge in [0.25, 0.3) is 0 Å². The second-order valence-electron chi connectivity index (χ2n) is 7.31. The molecule has 0 aliphatic carbocycles. The average Bonchev–Trinajstić information content (AvgIpc) is 3.35. The maximum absolute atomic E-state index is 13.2. The molecule has 1 aromatic carbocycles. The van der Waals surface area contributed by atoms with E-state index in [-0.39, 0.29) is 12.4 Å². The maximum atomic E-state index is 13.2. The van der Waals surface area contributed by atoms with E-state index in [4.69, 9.17) is 9.26 Å². The molecule has 1 aliphatic heterocycles. The van der Waals surface area contributed by atoms with Gasteiger partial charge in [-0.2, -0.15) is 0 Å². The predicted molar refractivity (Wildman–Crippen MR) is 109 cm³/mol. The van der Waals surface area contributed by atoms with E-state index in [1.54, 1.807) is 24.5 Å². The first-order chi connectivity index (χ1) is 15.1. The highest BCUT2D eigenvalue weighted by Crippen LogP contribution is 2.27. The van der Waals surface area contributed by atoms with Crippen molar-refractivity contribution in [2.75, 3.05) is 11.4 Å². The summed E-state index contributed by atoms with van der Waals surface area (Å²) in [5, 5.41) is 12.4. The van der Waals surface area contributed by atoms with Crippen LogP contribution in [-0.4, -0.2) is 36.4 Å². The quantitative estimate of drug-likeness (QED) is 0.485. The number of benzene rings is 1. The second kappa shape index (κ2) is 7.78. The Balaban J connectivity index is 1.27. The second-order valence-corrected chi connectivity index (χ2v) is 7.31. The van der Waals surface area contributed by atoms with Crippen molar-refractivity contribution in [3.05, 3.63) is 65.4 Å². The summed E-state index contributed by atoms with van der Waals surface area (Å²) in [4.78, 5) is 11.0. The van der Waals surface area contributed by atoms with E-state index in [0.29, 0.717) is 23.9 Å². The van der Waals surface area contributed by atoms with Gasteiger partial charge in [0.15, 0.2) is 5.82 Å². The third kappa shape index (κ3) is 3.72. The Morgan fingerprint density at radius 3 is 2.68 bits per heavy atom. The first-order valence-corrected chi connectivity index (χ1v) is 9.88. The van der Waals surface area contributed by atoms with Gasteiger partial charge in [0.1, 0.15) is 35.5 Å². The van der Waals surface area contributed by atoms with E-state index in [9.17, 15) is 4.39 Å². The molecule has 0 unspecified atom stereocenters. The van der Waals surface area contributed by atoms with Crippen LogP contribution in [0.2, 0.25) is 0 Å². The lowest BCUT2D eigenvalue weighted by Gasteiger charge is -2.28. The minimum absolute atomic E-state index is 0.210. The zero-order chi connectivity index (χ0) is 21.4. The van der Waals surface area contributed by atoms with Crippen LogP contribution in [0.25, 0.3) is 11.3 Å². The van der Waals surface area contributed by atoms with Crippen LogP contribution in [0.1, 0.15) is 23.0 Å². The molecular weight excluding hydrogens is 401 g/mol. The molecule has 5 rings (SSSR count). The molecule has 0 radical (unpaired) electrons. The number of anilines is 1. The van der Waals surface area contributed by atoms with E-state index in [1.165, 1.54) is 12.1 Å². The van der Waals surface area contributed by atoms with Crippen LogP contribution in [0.5, 0.6) is 5.88 Å². The molecule has 4 heterocycles. The van der Waals surface area contributed by atoms with Crippen LogP contribution >= 0.6 is 0 Å². The first-order valence-electron chi connectivity index (χ1n) is 9.88. The normalized spacial score (nSPS) is 13.3. The highest BCUT2D eigenvalue weighted by Gasteiger charge is 2.21. The monoisotopic (exact) mass is 421 g/mol. The minimum atomic E-state index is -0.304. The van der Waals surface area contributed by atoms with Gasteiger partial charge in [0.2, 0.25) is 5.88 Å². The molecule has 0 spiro atoms. The van der Waals surface area contributed by atoms with Crippen molar-refractivity contribution in [3.8, 4) is 17.1 Å². The number of aromatic nitrogens is 6. The van der Waals surface area contributed by atoms with E-state index in [1.807, 2.05) is 13.8 Å². The maximum Gasteiger partial charge on any atom is 0.232 e. The molecule has 3 aromatic heterocycles. The zero-order valence-electron chi connectivity index (χ0n) is 17.1. The molecule has 4 aromatic rings. The summed E-state index contributed by atoms with van der Waals surface area (Å²) >= 11 is 0. The highest BCUT2D eigenvalue weighted by molar-refractivity contribution is 5.63. The van der Waals surface area contributed by atoms with Gasteiger partial charge in [-0.3, -0.25) is 0 Å².